The first-order valence-electron chi connectivity index (χ1n) is 12.9. The lowest BCUT2D eigenvalue weighted by molar-refractivity contribution is -0.136. The Morgan fingerprint density at radius 2 is 1.61 bits per heavy atom. The number of benzene rings is 3. The third-order valence-corrected chi connectivity index (χ3v) is 7.60. The average Bonchev–Trinajstić information content (AvgIpc) is 3.57. The van der Waals surface area contributed by atoms with Crippen molar-refractivity contribution in [3.63, 3.8) is 0 Å². The van der Waals surface area contributed by atoms with Crippen molar-refractivity contribution in [2.45, 2.75) is 32.0 Å². The van der Waals surface area contributed by atoms with E-state index in [1.165, 1.54) is 6.07 Å². The molecule has 0 spiro atoms. The summed E-state index contributed by atoms with van der Waals surface area (Å²) in [5.41, 5.74) is 2.47. The molecule has 1 aliphatic carbocycles. The molecule has 1 aromatic heterocycles. The van der Waals surface area contributed by atoms with Crippen LogP contribution in [0.3, 0.4) is 0 Å². The fourth-order valence-corrected chi connectivity index (χ4v) is 5.44. The first-order valence-corrected chi connectivity index (χ1v) is 12.9. The van der Waals surface area contributed by atoms with Gasteiger partial charge in [-0.3, -0.25) is 4.79 Å². The first kappa shape index (κ1) is 24.5. The summed E-state index contributed by atoms with van der Waals surface area (Å²) in [7, 11) is 1.62. The van der Waals surface area contributed by atoms with E-state index in [-0.39, 0.29) is 23.3 Å². The summed E-state index contributed by atoms with van der Waals surface area (Å²) in [6, 6.07) is 19.6. The van der Waals surface area contributed by atoms with Gasteiger partial charge in [0.15, 0.2) is 0 Å². The molecule has 1 atom stereocenters. The van der Waals surface area contributed by atoms with E-state index in [1.54, 1.807) is 17.7 Å². The third-order valence-electron chi connectivity index (χ3n) is 7.60. The van der Waals surface area contributed by atoms with Crippen LogP contribution in [0.2, 0.25) is 0 Å². The Morgan fingerprint density at radius 1 is 0.947 bits per heavy atom. The topological polar surface area (TPSA) is 47.4 Å². The SMILES string of the molecule is COc1ccc(-c2ccc(-c3nc4cccc(C(F)(F)F)c4n3C[C@H]3CCN(C(=O)C4CC4)C3)cc2)cc1. The highest BCUT2D eigenvalue weighted by Gasteiger charge is 2.38. The molecular formula is C30H28F3N3O2. The molecule has 0 unspecified atom stereocenters. The largest absolute Gasteiger partial charge is 0.497 e. The number of alkyl halides is 3. The molecule has 0 N–H and O–H groups in total. The number of amides is 1. The van der Waals surface area contributed by atoms with Crippen molar-refractivity contribution < 1.29 is 22.7 Å². The number of carbonyl (C=O) groups excluding carboxylic acids is 1. The number of hydrogen-bond donors (Lipinski definition) is 0. The normalized spacial score (nSPS) is 17.8. The zero-order valence-electron chi connectivity index (χ0n) is 21.0. The number of para-hydroxylation sites is 1. The summed E-state index contributed by atoms with van der Waals surface area (Å²) in [6.07, 6.45) is -1.85. The summed E-state index contributed by atoms with van der Waals surface area (Å²) in [5.74, 6) is 1.66. The van der Waals surface area contributed by atoms with Gasteiger partial charge in [-0.1, -0.05) is 42.5 Å². The van der Waals surface area contributed by atoms with Crippen molar-refractivity contribution in [3.05, 3.63) is 72.3 Å². The molecule has 0 radical (unpaired) electrons. The van der Waals surface area contributed by atoms with E-state index >= 15 is 0 Å². The average molecular weight is 520 g/mol. The minimum absolute atomic E-state index is 0.0636. The van der Waals surface area contributed by atoms with Gasteiger partial charge in [0.05, 0.1) is 23.7 Å². The minimum atomic E-state index is -4.50. The van der Waals surface area contributed by atoms with E-state index in [0.29, 0.717) is 31.0 Å². The van der Waals surface area contributed by atoms with E-state index in [1.807, 2.05) is 53.4 Å². The quantitative estimate of drug-likeness (QED) is 0.286. The van der Waals surface area contributed by atoms with Gasteiger partial charge in [-0.2, -0.15) is 13.2 Å². The lowest BCUT2D eigenvalue weighted by Gasteiger charge is -2.19. The number of aromatic nitrogens is 2. The third kappa shape index (κ3) is 4.64. The van der Waals surface area contributed by atoms with Gasteiger partial charge in [-0.05, 0) is 60.6 Å². The monoisotopic (exact) mass is 519 g/mol. The predicted octanol–water partition coefficient (Wildman–Crippen LogP) is 6.66. The lowest BCUT2D eigenvalue weighted by Crippen LogP contribution is -2.30. The maximum atomic E-state index is 14.1. The molecule has 5 nitrogen and oxygen atoms in total. The van der Waals surface area contributed by atoms with Gasteiger partial charge in [0.2, 0.25) is 5.91 Å². The molecule has 2 aliphatic rings. The van der Waals surface area contributed by atoms with Crippen molar-refractivity contribution in [1.29, 1.82) is 0 Å². The van der Waals surface area contributed by atoms with Gasteiger partial charge in [-0.25, -0.2) is 4.98 Å². The maximum Gasteiger partial charge on any atom is 0.418 e. The molecule has 2 fully saturated rings. The lowest BCUT2D eigenvalue weighted by atomic mass is 10.0. The van der Waals surface area contributed by atoms with E-state index < -0.39 is 11.7 Å². The van der Waals surface area contributed by atoms with Gasteiger partial charge in [0.25, 0.3) is 0 Å². The van der Waals surface area contributed by atoms with Gasteiger partial charge in [-0.15, -0.1) is 0 Å². The van der Waals surface area contributed by atoms with Gasteiger partial charge < -0.3 is 14.2 Å². The van der Waals surface area contributed by atoms with Crippen LogP contribution >= 0.6 is 0 Å². The molecular weight excluding hydrogens is 491 g/mol. The number of likely N-dealkylation sites (tertiary alicyclic amines) is 1. The second-order valence-corrected chi connectivity index (χ2v) is 10.2. The Hall–Kier alpha value is -3.81. The number of nitrogens with zero attached hydrogens (tertiary/aromatic N) is 3. The number of imidazole rings is 1. The summed E-state index contributed by atoms with van der Waals surface area (Å²) in [4.78, 5) is 19.1. The Labute approximate surface area is 218 Å². The fourth-order valence-electron chi connectivity index (χ4n) is 5.44. The zero-order chi connectivity index (χ0) is 26.4. The molecule has 1 saturated heterocycles. The number of halogens is 3. The number of rotatable bonds is 6. The molecule has 1 amide bonds. The van der Waals surface area contributed by atoms with Crippen LogP contribution < -0.4 is 4.74 Å². The van der Waals surface area contributed by atoms with Crippen LogP contribution in [0.4, 0.5) is 13.2 Å². The molecule has 0 bridgehead atoms. The molecule has 38 heavy (non-hydrogen) atoms. The number of methoxy groups -OCH3 is 1. The van der Waals surface area contributed by atoms with E-state index in [4.69, 9.17) is 4.74 Å². The first-order chi connectivity index (χ1) is 18.3. The number of carbonyl (C=O) groups is 1. The highest BCUT2D eigenvalue weighted by atomic mass is 19.4. The minimum Gasteiger partial charge on any atom is -0.497 e. The van der Waals surface area contributed by atoms with E-state index in [0.717, 1.165) is 47.8 Å². The van der Waals surface area contributed by atoms with Gasteiger partial charge in [0.1, 0.15) is 11.6 Å². The molecule has 6 rings (SSSR count). The second-order valence-electron chi connectivity index (χ2n) is 10.2. The molecule has 196 valence electrons. The maximum absolute atomic E-state index is 14.1. The second kappa shape index (κ2) is 9.49. The van der Waals surface area contributed by atoms with Crippen molar-refractivity contribution in [2.24, 2.45) is 11.8 Å². The Bertz CT molecular complexity index is 1470. The van der Waals surface area contributed by atoms with E-state index in [2.05, 4.69) is 4.98 Å². The summed E-state index contributed by atoms with van der Waals surface area (Å²) >= 11 is 0. The van der Waals surface area contributed by atoms with Crippen molar-refractivity contribution in [1.82, 2.24) is 14.5 Å². The standard InChI is InChI=1S/C30H28F3N3O2/c1-38-24-13-11-21(12-14-24)20-5-7-22(8-6-20)28-34-26-4-2-3-25(30(31,32)33)27(26)36(28)18-19-15-16-35(17-19)29(37)23-9-10-23/h2-8,11-14,19,23H,9-10,15-18H2,1H3/t19-/m0/s1. The summed E-state index contributed by atoms with van der Waals surface area (Å²) in [5, 5.41) is 0. The number of hydrogen-bond acceptors (Lipinski definition) is 3. The number of ether oxygens (including phenoxy) is 1. The van der Waals surface area contributed by atoms with Crippen LogP contribution in [-0.4, -0.2) is 40.6 Å². The molecule has 1 saturated carbocycles. The van der Waals surface area contributed by atoms with E-state index in [9.17, 15) is 18.0 Å². The number of fused-ring (bicyclic) bond motifs is 1. The van der Waals surface area contributed by atoms with Crippen LogP contribution in [-0.2, 0) is 17.5 Å². The van der Waals surface area contributed by atoms with Crippen LogP contribution in [0, 0.1) is 11.8 Å². The smallest absolute Gasteiger partial charge is 0.418 e. The van der Waals surface area contributed by atoms with Crippen molar-refractivity contribution in [2.75, 3.05) is 20.2 Å². The van der Waals surface area contributed by atoms with Gasteiger partial charge >= 0.3 is 6.18 Å². The van der Waals surface area contributed by atoms with Crippen LogP contribution in [0.5, 0.6) is 5.75 Å². The zero-order valence-corrected chi connectivity index (χ0v) is 21.0. The molecule has 8 heteroatoms. The predicted molar refractivity (Wildman–Crippen MR) is 140 cm³/mol. The molecule has 1 aliphatic heterocycles. The van der Waals surface area contributed by atoms with Crippen molar-refractivity contribution >= 4 is 16.9 Å². The molecule has 4 aromatic rings. The Balaban J connectivity index is 1.37. The van der Waals surface area contributed by atoms with Crippen molar-refractivity contribution in [3.8, 4) is 28.3 Å². The highest BCUT2D eigenvalue weighted by molar-refractivity contribution is 5.85. The Morgan fingerprint density at radius 3 is 2.24 bits per heavy atom. The fraction of sp³-hybridized carbons (Fsp3) is 0.333. The van der Waals surface area contributed by atoms with Crippen LogP contribution in [0.15, 0.2) is 66.7 Å². The molecule has 3 aromatic carbocycles. The molecule has 2 heterocycles. The summed E-state index contributed by atoms with van der Waals surface area (Å²) in [6.45, 7) is 1.59. The Kier molecular flexibility index (Phi) is 6.13. The van der Waals surface area contributed by atoms with Crippen LogP contribution in [0.25, 0.3) is 33.5 Å². The van der Waals surface area contributed by atoms with Gasteiger partial charge in [0, 0.05) is 31.1 Å². The highest BCUT2D eigenvalue weighted by Crippen LogP contribution is 2.39. The summed E-state index contributed by atoms with van der Waals surface area (Å²) < 4.78 is 49.2. The van der Waals surface area contributed by atoms with Crippen LogP contribution in [0.1, 0.15) is 24.8 Å².